The van der Waals surface area contributed by atoms with E-state index >= 15 is 0 Å². The van der Waals surface area contributed by atoms with Crippen LogP contribution in [0.15, 0.2) is 54.6 Å². The standard InChI is InChI=1S/C26H27F3N4O2S/c1-2-3-14-33(24(35)21-16-20(21)17-7-5-4-6-8-17)15-13-22(34)30-25-32-31-23(36-25)18-9-11-19(12-10-18)26(27,28)29/h4-12,20-21H,2-3,13-16H2,1H3,(H,30,32,34)/t20-,21-/m0/s1. The third-order valence-corrected chi connectivity index (χ3v) is 7.06. The number of aromatic nitrogens is 2. The molecule has 1 aliphatic carbocycles. The summed E-state index contributed by atoms with van der Waals surface area (Å²) in [5.74, 6) is -0.0103. The third kappa shape index (κ3) is 6.48. The molecule has 0 radical (unpaired) electrons. The van der Waals surface area contributed by atoms with E-state index in [1.54, 1.807) is 4.90 Å². The zero-order valence-corrected chi connectivity index (χ0v) is 20.6. The molecule has 3 aromatic rings. The maximum Gasteiger partial charge on any atom is 0.416 e. The summed E-state index contributed by atoms with van der Waals surface area (Å²) < 4.78 is 38.3. The lowest BCUT2D eigenvalue weighted by Crippen LogP contribution is -2.36. The summed E-state index contributed by atoms with van der Waals surface area (Å²) in [5, 5.41) is 11.2. The Bertz CT molecular complexity index is 1180. The molecule has 1 aromatic heterocycles. The number of nitrogens with one attached hydrogen (secondary N) is 1. The van der Waals surface area contributed by atoms with E-state index in [1.807, 2.05) is 30.3 Å². The molecule has 1 fully saturated rings. The van der Waals surface area contributed by atoms with Crippen LogP contribution in [0, 0.1) is 5.92 Å². The van der Waals surface area contributed by atoms with Crippen LogP contribution < -0.4 is 5.32 Å². The van der Waals surface area contributed by atoms with Crippen molar-refractivity contribution in [2.45, 2.75) is 44.7 Å². The number of hydrogen-bond acceptors (Lipinski definition) is 5. The van der Waals surface area contributed by atoms with Gasteiger partial charge in [0, 0.05) is 31.0 Å². The maximum absolute atomic E-state index is 13.1. The van der Waals surface area contributed by atoms with E-state index in [-0.39, 0.29) is 35.2 Å². The number of benzene rings is 2. The Balaban J connectivity index is 1.31. The minimum atomic E-state index is -4.41. The first-order valence-electron chi connectivity index (χ1n) is 11.9. The van der Waals surface area contributed by atoms with E-state index in [9.17, 15) is 22.8 Å². The van der Waals surface area contributed by atoms with Crippen molar-refractivity contribution in [3.05, 3.63) is 65.7 Å². The van der Waals surface area contributed by atoms with Gasteiger partial charge in [-0.15, -0.1) is 10.2 Å². The molecule has 6 nitrogen and oxygen atoms in total. The quantitative estimate of drug-likeness (QED) is 0.360. The van der Waals surface area contributed by atoms with Crippen molar-refractivity contribution >= 4 is 28.3 Å². The lowest BCUT2D eigenvalue weighted by molar-refractivity contribution is -0.137. The molecule has 0 bridgehead atoms. The predicted octanol–water partition coefficient (Wildman–Crippen LogP) is 5.98. The molecule has 1 aliphatic rings. The van der Waals surface area contributed by atoms with Crippen LogP contribution in [0.25, 0.3) is 10.6 Å². The highest BCUT2D eigenvalue weighted by Gasteiger charge is 2.45. The molecule has 10 heteroatoms. The second-order valence-electron chi connectivity index (χ2n) is 8.82. The van der Waals surface area contributed by atoms with Crippen molar-refractivity contribution in [3.8, 4) is 10.6 Å². The highest BCUT2D eigenvalue weighted by molar-refractivity contribution is 7.18. The summed E-state index contributed by atoms with van der Waals surface area (Å²) >= 11 is 1.08. The van der Waals surface area contributed by atoms with Gasteiger partial charge in [0.2, 0.25) is 16.9 Å². The zero-order valence-electron chi connectivity index (χ0n) is 19.8. The van der Waals surface area contributed by atoms with Crippen molar-refractivity contribution in [3.63, 3.8) is 0 Å². The first-order valence-corrected chi connectivity index (χ1v) is 12.7. The minimum absolute atomic E-state index is 0.0400. The molecule has 2 aromatic carbocycles. The van der Waals surface area contributed by atoms with Crippen LogP contribution in [-0.4, -0.2) is 40.0 Å². The van der Waals surface area contributed by atoms with Crippen molar-refractivity contribution in [1.29, 1.82) is 0 Å². The molecule has 1 heterocycles. The van der Waals surface area contributed by atoms with Gasteiger partial charge < -0.3 is 10.2 Å². The summed E-state index contributed by atoms with van der Waals surface area (Å²) in [7, 11) is 0. The smallest absolute Gasteiger partial charge is 0.342 e. The topological polar surface area (TPSA) is 75.2 Å². The molecule has 190 valence electrons. The van der Waals surface area contributed by atoms with E-state index < -0.39 is 11.7 Å². The minimum Gasteiger partial charge on any atom is -0.342 e. The first kappa shape index (κ1) is 25.8. The Labute approximate surface area is 211 Å². The van der Waals surface area contributed by atoms with E-state index in [1.165, 1.54) is 17.7 Å². The Morgan fingerprint density at radius 1 is 1.06 bits per heavy atom. The molecule has 1 N–H and O–H groups in total. The molecular formula is C26H27F3N4O2S. The van der Waals surface area contributed by atoms with Crippen LogP contribution >= 0.6 is 11.3 Å². The Morgan fingerprint density at radius 3 is 2.44 bits per heavy atom. The van der Waals surface area contributed by atoms with E-state index in [2.05, 4.69) is 22.4 Å². The Morgan fingerprint density at radius 2 is 1.78 bits per heavy atom. The van der Waals surface area contributed by atoms with Crippen LogP contribution in [0.4, 0.5) is 18.3 Å². The van der Waals surface area contributed by atoms with E-state index in [0.717, 1.165) is 42.7 Å². The number of unbranched alkanes of at least 4 members (excludes halogenated alkanes) is 1. The largest absolute Gasteiger partial charge is 0.416 e. The monoisotopic (exact) mass is 516 g/mol. The fraction of sp³-hybridized carbons (Fsp3) is 0.385. The molecule has 36 heavy (non-hydrogen) atoms. The molecule has 0 saturated heterocycles. The average Bonchev–Trinajstić information content (AvgIpc) is 3.54. The van der Waals surface area contributed by atoms with Crippen LogP contribution in [0.3, 0.4) is 0 Å². The average molecular weight is 517 g/mol. The van der Waals surface area contributed by atoms with Gasteiger partial charge in [0.15, 0.2) is 0 Å². The second-order valence-corrected chi connectivity index (χ2v) is 9.80. The number of hydrogen-bond donors (Lipinski definition) is 1. The van der Waals surface area contributed by atoms with Crippen LogP contribution in [0.1, 0.15) is 49.7 Å². The van der Waals surface area contributed by atoms with Gasteiger partial charge in [-0.3, -0.25) is 9.59 Å². The molecule has 1 saturated carbocycles. The number of amides is 2. The maximum atomic E-state index is 13.1. The number of rotatable bonds is 10. The fourth-order valence-electron chi connectivity index (χ4n) is 4.06. The van der Waals surface area contributed by atoms with Crippen LogP contribution in [-0.2, 0) is 15.8 Å². The molecule has 0 unspecified atom stereocenters. The highest BCUT2D eigenvalue weighted by atomic mass is 32.1. The van der Waals surface area contributed by atoms with E-state index in [0.29, 0.717) is 23.7 Å². The van der Waals surface area contributed by atoms with Crippen molar-refractivity contribution < 1.29 is 22.8 Å². The lowest BCUT2D eigenvalue weighted by Gasteiger charge is -2.22. The summed E-state index contributed by atoms with van der Waals surface area (Å²) in [5.41, 5.74) is 0.909. The summed E-state index contributed by atoms with van der Waals surface area (Å²) in [6.45, 7) is 2.98. The van der Waals surface area contributed by atoms with Gasteiger partial charge in [-0.1, -0.05) is 67.1 Å². The normalized spacial score (nSPS) is 17.0. The SMILES string of the molecule is CCCCN(CCC(=O)Nc1nnc(-c2ccc(C(F)(F)F)cc2)s1)C(=O)[C@H]1C[C@H]1c1ccccc1. The number of anilines is 1. The van der Waals surface area contributed by atoms with E-state index in [4.69, 9.17) is 0 Å². The van der Waals surface area contributed by atoms with Gasteiger partial charge in [0.05, 0.1) is 5.56 Å². The molecule has 4 rings (SSSR count). The Hall–Kier alpha value is -3.27. The van der Waals surface area contributed by atoms with Gasteiger partial charge in [-0.2, -0.15) is 13.2 Å². The predicted molar refractivity (Wildman–Crippen MR) is 132 cm³/mol. The number of carbonyl (C=O) groups excluding carboxylic acids is 2. The van der Waals surface area contributed by atoms with Gasteiger partial charge in [-0.05, 0) is 36.5 Å². The molecular weight excluding hydrogens is 489 g/mol. The van der Waals surface area contributed by atoms with Crippen molar-refractivity contribution in [2.75, 3.05) is 18.4 Å². The molecule has 2 atom stereocenters. The van der Waals surface area contributed by atoms with Gasteiger partial charge in [0.1, 0.15) is 5.01 Å². The summed E-state index contributed by atoms with van der Waals surface area (Å²) in [6, 6.07) is 14.6. The lowest BCUT2D eigenvalue weighted by atomic mass is 10.1. The Kier molecular flexibility index (Phi) is 8.03. The molecule has 0 aliphatic heterocycles. The highest BCUT2D eigenvalue weighted by Crippen LogP contribution is 2.48. The van der Waals surface area contributed by atoms with Crippen molar-refractivity contribution in [1.82, 2.24) is 15.1 Å². The number of nitrogens with zero attached hydrogens (tertiary/aromatic N) is 3. The third-order valence-electron chi connectivity index (χ3n) is 6.17. The number of halogens is 3. The van der Waals surface area contributed by atoms with Crippen molar-refractivity contribution in [2.24, 2.45) is 5.92 Å². The van der Waals surface area contributed by atoms with Gasteiger partial charge >= 0.3 is 6.18 Å². The molecule has 2 amide bonds. The fourth-order valence-corrected chi connectivity index (χ4v) is 4.83. The second kappa shape index (κ2) is 11.2. The zero-order chi connectivity index (χ0) is 25.7. The first-order chi connectivity index (χ1) is 17.3. The van der Waals surface area contributed by atoms with Crippen LogP contribution in [0.5, 0.6) is 0 Å². The number of carbonyl (C=O) groups is 2. The van der Waals surface area contributed by atoms with Gasteiger partial charge in [-0.25, -0.2) is 0 Å². The van der Waals surface area contributed by atoms with Gasteiger partial charge in [0.25, 0.3) is 0 Å². The summed E-state index contributed by atoms with van der Waals surface area (Å²) in [4.78, 5) is 27.4. The summed E-state index contributed by atoms with van der Waals surface area (Å²) in [6.07, 6.45) is -1.65. The molecule has 0 spiro atoms. The van der Waals surface area contributed by atoms with Crippen LogP contribution in [0.2, 0.25) is 0 Å². The number of alkyl halides is 3.